The van der Waals surface area contributed by atoms with Gasteiger partial charge in [-0.1, -0.05) is 12.1 Å². The largest absolute Gasteiger partial charge is 0.493 e. The number of rotatable bonds is 13. The Morgan fingerprint density at radius 1 is 0.833 bits per heavy atom. The summed E-state index contributed by atoms with van der Waals surface area (Å²) < 4.78 is 17.2. The summed E-state index contributed by atoms with van der Waals surface area (Å²) in [6, 6.07) is 15.7. The van der Waals surface area contributed by atoms with E-state index in [1.165, 1.54) is 38.5 Å². The smallest absolute Gasteiger partial charge is 0.229 e. The predicted octanol–water partition coefficient (Wildman–Crippen LogP) is 6.10. The highest BCUT2D eigenvalue weighted by atomic mass is 16.5. The number of methoxy groups -OCH3 is 1. The predicted molar refractivity (Wildman–Crippen MR) is 170 cm³/mol. The van der Waals surface area contributed by atoms with Gasteiger partial charge >= 0.3 is 0 Å². The minimum Gasteiger partial charge on any atom is -0.493 e. The van der Waals surface area contributed by atoms with E-state index in [1.54, 1.807) is 13.3 Å². The summed E-state index contributed by atoms with van der Waals surface area (Å²) in [5.74, 6) is 4.67. The highest BCUT2D eigenvalue weighted by molar-refractivity contribution is 5.80. The number of piperidine rings is 2. The lowest BCUT2D eigenvalue weighted by atomic mass is 10.1. The Labute approximate surface area is 249 Å². The Balaban J connectivity index is 1.14. The molecule has 0 amide bonds. The first-order valence-electron chi connectivity index (χ1n) is 15.0. The number of anilines is 3. The van der Waals surface area contributed by atoms with E-state index >= 15 is 0 Å². The van der Waals surface area contributed by atoms with Crippen molar-refractivity contribution >= 4 is 23.8 Å². The van der Waals surface area contributed by atoms with Gasteiger partial charge in [0.15, 0.2) is 17.3 Å². The van der Waals surface area contributed by atoms with Crippen LogP contribution in [0.3, 0.4) is 0 Å². The molecule has 3 heterocycles. The first-order chi connectivity index (χ1) is 20.7. The summed E-state index contributed by atoms with van der Waals surface area (Å²) in [7, 11) is 1.64. The van der Waals surface area contributed by atoms with E-state index in [0.717, 1.165) is 61.2 Å². The Bertz CT molecular complexity index is 1280. The number of benzene rings is 2. The van der Waals surface area contributed by atoms with Gasteiger partial charge in [0.2, 0.25) is 5.95 Å². The fourth-order valence-corrected chi connectivity index (χ4v) is 5.26. The highest BCUT2D eigenvalue weighted by Crippen LogP contribution is 2.28. The molecular formula is C33H42N6O3. The number of hydrazone groups is 1. The van der Waals surface area contributed by atoms with Crippen molar-refractivity contribution in [1.82, 2.24) is 9.97 Å². The highest BCUT2D eigenvalue weighted by Gasteiger charge is 2.19. The van der Waals surface area contributed by atoms with E-state index in [1.807, 2.05) is 54.6 Å². The van der Waals surface area contributed by atoms with E-state index in [0.29, 0.717) is 30.5 Å². The summed E-state index contributed by atoms with van der Waals surface area (Å²) in [6.07, 6.45) is 11.8. The van der Waals surface area contributed by atoms with Gasteiger partial charge in [0.05, 0.1) is 13.3 Å². The molecule has 2 aromatic carbocycles. The van der Waals surface area contributed by atoms with Crippen molar-refractivity contribution in [3.05, 3.63) is 72.3 Å². The van der Waals surface area contributed by atoms with Gasteiger partial charge in [-0.25, -0.2) is 0 Å². The van der Waals surface area contributed by atoms with Crippen molar-refractivity contribution in [3.63, 3.8) is 0 Å². The zero-order valence-electron chi connectivity index (χ0n) is 24.6. The van der Waals surface area contributed by atoms with Crippen molar-refractivity contribution in [3.8, 4) is 17.2 Å². The van der Waals surface area contributed by atoms with Crippen molar-refractivity contribution < 1.29 is 14.2 Å². The van der Waals surface area contributed by atoms with Crippen LogP contribution in [0.4, 0.5) is 17.6 Å². The van der Waals surface area contributed by atoms with E-state index in [4.69, 9.17) is 24.2 Å². The van der Waals surface area contributed by atoms with E-state index in [-0.39, 0.29) is 0 Å². The quantitative estimate of drug-likeness (QED) is 0.114. The second kappa shape index (κ2) is 15.1. The molecule has 5 rings (SSSR count). The van der Waals surface area contributed by atoms with E-state index < -0.39 is 0 Å². The van der Waals surface area contributed by atoms with E-state index in [9.17, 15) is 0 Å². The molecule has 2 aliphatic rings. The van der Waals surface area contributed by atoms with Crippen LogP contribution in [0.1, 0.15) is 49.7 Å². The van der Waals surface area contributed by atoms with Gasteiger partial charge in [0.1, 0.15) is 24.8 Å². The number of hydrogen-bond donors (Lipinski definition) is 1. The average molecular weight is 571 g/mol. The van der Waals surface area contributed by atoms with Gasteiger partial charge in [-0.15, -0.1) is 6.58 Å². The van der Waals surface area contributed by atoms with Gasteiger partial charge < -0.3 is 24.0 Å². The molecular weight excluding hydrogens is 528 g/mol. The minimum absolute atomic E-state index is 0.405. The summed E-state index contributed by atoms with van der Waals surface area (Å²) in [5, 5.41) is 4.48. The molecule has 1 aromatic heterocycles. The molecule has 0 radical (unpaired) electrons. The summed E-state index contributed by atoms with van der Waals surface area (Å²) in [4.78, 5) is 14.4. The molecule has 0 unspecified atom stereocenters. The van der Waals surface area contributed by atoms with Gasteiger partial charge in [0, 0.05) is 32.2 Å². The lowest BCUT2D eigenvalue weighted by molar-refractivity contribution is 0.211. The van der Waals surface area contributed by atoms with Crippen LogP contribution in [-0.4, -0.2) is 62.7 Å². The maximum Gasteiger partial charge on any atom is 0.229 e. The molecule has 2 fully saturated rings. The molecule has 9 nitrogen and oxygen atoms in total. The fourth-order valence-electron chi connectivity index (χ4n) is 5.26. The molecule has 0 saturated carbocycles. The second-order valence-corrected chi connectivity index (χ2v) is 10.6. The number of ether oxygens (including phenoxy) is 3. The molecule has 42 heavy (non-hydrogen) atoms. The first-order valence-corrected chi connectivity index (χ1v) is 15.0. The first kappa shape index (κ1) is 29.2. The molecule has 1 N–H and O–H groups in total. The molecule has 2 saturated heterocycles. The van der Waals surface area contributed by atoms with Gasteiger partial charge in [-0.3, -0.25) is 5.43 Å². The number of aromatic nitrogens is 2. The lowest BCUT2D eigenvalue weighted by Crippen LogP contribution is -2.33. The van der Waals surface area contributed by atoms with Crippen LogP contribution in [0.15, 0.2) is 66.3 Å². The minimum atomic E-state index is 0.405. The molecule has 0 atom stereocenters. The zero-order valence-corrected chi connectivity index (χ0v) is 24.6. The van der Waals surface area contributed by atoms with Crippen LogP contribution in [-0.2, 0) is 6.42 Å². The van der Waals surface area contributed by atoms with Crippen molar-refractivity contribution in [1.29, 1.82) is 0 Å². The molecule has 3 aromatic rings. The van der Waals surface area contributed by atoms with Crippen molar-refractivity contribution in [2.75, 3.05) is 61.7 Å². The Morgan fingerprint density at radius 2 is 1.55 bits per heavy atom. The van der Waals surface area contributed by atoms with Gasteiger partial charge in [-0.05, 0) is 92.5 Å². The van der Waals surface area contributed by atoms with Crippen molar-refractivity contribution in [2.45, 2.75) is 44.9 Å². The summed E-state index contributed by atoms with van der Waals surface area (Å²) >= 11 is 0. The second-order valence-electron chi connectivity index (χ2n) is 10.6. The van der Waals surface area contributed by atoms with Gasteiger partial charge in [0.25, 0.3) is 0 Å². The number of nitrogens with zero attached hydrogens (tertiary/aromatic N) is 5. The molecule has 222 valence electrons. The Kier molecular flexibility index (Phi) is 10.5. The third-order valence-corrected chi connectivity index (χ3v) is 7.51. The fraction of sp³-hybridized carbons (Fsp3) is 0.424. The number of allylic oxidation sites excluding steroid dienone is 1. The van der Waals surface area contributed by atoms with Crippen LogP contribution in [0.2, 0.25) is 0 Å². The third-order valence-electron chi connectivity index (χ3n) is 7.51. The molecule has 0 spiro atoms. The molecule has 9 heteroatoms. The van der Waals surface area contributed by atoms with E-state index in [2.05, 4.69) is 26.9 Å². The van der Waals surface area contributed by atoms with Crippen LogP contribution in [0.5, 0.6) is 17.2 Å². The molecule has 0 aliphatic carbocycles. The van der Waals surface area contributed by atoms with Crippen LogP contribution >= 0.6 is 0 Å². The third kappa shape index (κ3) is 8.15. The molecule has 2 aliphatic heterocycles. The monoisotopic (exact) mass is 570 g/mol. The Morgan fingerprint density at radius 3 is 2.26 bits per heavy atom. The van der Waals surface area contributed by atoms with Crippen LogP contribution in [0, 0.1) is 0 Å². The molecule has 0 bridgehead atoms. The Hall–Kier alpha value is -4.27. The maximum absolute atomic E-state index is 5.87. The normalized spacial score (nSPS) is 15.5. The summed E-state index contributed by atoms with van der Waals surface area (Å²) in [5.41, 5.74) is 5.23. The SMILES string of the molecule is C=CCc1ccc(OCCOc2ccc(C=NNc3cc(N4CCCCC4)nc(N4CCCCC4)n3)cc2)c(OC)c1. The van der Waals surface area contributed by atoms with Crippen LogP contribution < -0.4 is 29.4 Å². The summed E-state index contributed by atoms with van der Waals surface area (Å²) in [6.45, 7) is 8.69. The topological polar surface area (TPSA) is 84.3 Å². The average Bonchev–Trinajstić information content (AvgIpc) is 3.05. The maximum atomic E-state index is 5.87. The van der Waals surface area contributed by atoms with Crippen molar-refractivity contribution in [2.24, 2.45) is 5.10 Å². The number of nitrogens with one attached hydrogen (secondary N) is 1. The lowest BCUT2D eigenvalue weighted by Gasteiger charge is -2.31. The van der Waals surface area contributed by atoms with Crippen LogP contribution in [0.25, 0.3) is 0 Å². The standard InChI is InChI=1S/C33H42N6O3/c1-3-10-26-13-16-29(30(23-26)40-2)42-22-21-41-28-14-11-27(12-15-28)25-34-37-31-24-32(38-17-6-4-7-18-38)36-33(35-31)39-19-8-5-9-20-39/h3,11-16,23-25H,1,4-10,17-22H2,2H3,(H,35,36,37). The zero-order chi connectivity index (χ0) is 29.0. The number of hydrogen-bond acceptors (Lipinski definition) is 9. The van der Waals surface area contributed by atoms with Gasteiger partial charge in [-0.2, -0.15) is 15.1 Å².